The maximum Gasteiger partial charge on any atom is -0.0297 e. The smallest absolute Gasteiger partial charge is 0.0297 e. The van der Waals surface area contributed by atoms with Crippen molar-refractivity contribution in [3.63, 3.8) is 0 Å². The van der Waals surface area contributed by atoms with E-state index in [1.54, 1.807) is 0 Å². The maximum atomic E-state index is 4.03. The summed E-state index contributed by atoms with van der Waals surface area (Å²) < 4.78 is 0. The van der Waals surface area contributed by atoms with Crippen molar-refractivity contribution in [3.8, 4) is 0 Å². The van der Waals surface area contributed by atoms with Crippen molar-refractivity contribution in [2.75, 3.05) is 0 Å². The van der Waals surface area contributed by atoms with Crippen LogP contribution in [0.25, 0.3) is 0 Å². The third kappa shape index (κ3) is 1.98. The van der Waals surface area contributed by atoms with Crippen LogP contribution in [-0.2, 0) is 0 Å². The van der Waals surface area contributed by atoms with Gasteiger partial charge in [0.2, 0.25) is 0 Å². The van der Waals surface area contributed by atoms with Crippen molar-refractivity contribution in [1.82, 2.24) is 0 Å². The Kier molecular flexibility index (Phi) is 2.49. The van der Waals surface area contributed by atoms with Crippen LogP contribution in [0.4, 0.5) is 0 Å². The topological polar surface area (TPSA) is 0 Å². The highest BCUT2D eigenvalue weighted by Crippen LogP contribution is 2.50. The van der Waals surface area contributed by atoms with Gasteiger partial charge in [0.1, 0.15) is 0 Å². The molecule has 74 valence electrons. The molecule has 2 aliphatic rings. The van der Waals surface area contributed by atoms with Crippen molar-refractivity contribution in [2.24, 2.45) is 23.7 Å². The fraction of sp³-hybridized carbons (Fsp3) is 0.846. The Morgan fingerprint density at radius 1 is 1.15 bits per heavy atom. The van der Waals surface area contributed by atoms with E-state index in [9.17, 15) is 0 Å². The van der Waals surface area contributed by atoms with Crippen LogP contribution in [0.2, 0.25) is 0 Å². The summed E-state index contributed by atoms with van der Waals surface area (Å²) in [6.45, 7) is 8.63. The molecule has 0 radical (unpaired) electrons. The average Bonchev–Trinajstić information content (AvgIpc) is 2.41. The third-order valence-corrected chi connectivity index (χ3v) is 3.99. The van der Waals surface area contributed by atoms with E-state index in [2.05, 4.69) is 20.4 Å². The molecule has 0 unspecified atom stereocenters. The molecule has 0 heteroatoms. The van der Waals surface area contributed by atoms with Crippen LogP contribution in [0.5, 0.6) is 0 Å². The number of allylic oxidation sites excluding steroid dienone is 1. The molecule has 0 heterocycles. The Bertz CT molecular complexity index is 190. The minimum absolute atomic E-state index is 0.986. The summed E-state index contributed by atoms with van der Waals surface area (Å²) in [4.78, 5) is 0. The second-order valence-electron chi connectivity index (χ2n) is 5.60. The van der Waals surface area contributed by atoms with Gasteiger partial charge in [0.15, 0.2) is 0 Å². The first-order valence-corrected chi connectivity index (χ1v) is 5.79. The zero-order valence-corrected chi connectivity index (χ0v) is 9.05. The van der Waals surface area contributed by atoms with Gasteiger partial charge in [-0.3, -0.25) is 0 Å². The van der Waals surface area contributed by atoms with Crippen molar-refractivity contribution < 1.29 is 0 Å². The van der Waals surface area contributed by atoms with Crippen LogP contribution in [0, 0.1) is 23.7 Å². The first-order chi connectivity index (χ1) is 6.15. The molecule has 0 bridgehead atoms. The Morgan fingerprint density at radius 2 is 1.69 bits per heavy atom. The number of fused-ring (bicyclic) bond motifs is 1. The predicted octanol–water partition coefficient (Wildman–Crippen LogP) is 4.02. The van der Waals surface area contributed by atoms with E-state index in [1.165, 1.54) is 37.7 Å². The van der Waals surface area contributed by atoms with Crippen LogP contribution in [0.1, 0.15) is 46.0 Å². The van der Waals surface area contributed by atoms with E-state index in [-0.39, 0.29) is 0 Å². The van der Waals surface area contributed by atoms with Crippen LogP contribution >= 0.6 is 0 Å². The van der Waals surface area contributed by atoms with Gasteiger partial charge in [-0.15, -0.1) is 6.58 Å². The van der Waals surface area contributed by atoms with Gasteiger partial charge in [-0.05, 0) is 62.7 Å². The lowest BCUT2D eigenvalue weighted by Crippen LogP contribution is -1.98. The molecule has 0 spiro atoms. The molecule has 2 aliphatic carbocycles. The van der Waals surface area contributed by atoms with Crippen molar-refractivity contribution in [2.45, 2.75) is 46.0 Å². The molecule has 0 aromatic carbocycles. The van der Waals surface area contributed by atoms with Crippen molar-refractivity contribution >= 4 is 0 Å². The highest BCUT2D eigenvalue weighted by Gasteiger charge is 2.39. The molecule has 2 rings (SSSR count). The standard InChI is InChI=1S/C13H22/c1-9(2)4-11-7-12-5-10(3)6-13(12)8-11/h10-13H,1,4-8H2,2-3H3/t10-,11+,12-,13+. The van der Waals surface area contributed by atoms with Gasteiger partial charge in [0.25, 0.3) is 0 Å². The largest absolute Gasteiger partial charge is 0.100 e. The van der Waals surface area contributed by atoms with Crippen LogP contribution in [0.15, 0.2) is 12.2 Å². The molecule has 0 amide bonds. The minimum Gasteiger partial charge on any atom is -0.100 e. The zero-order valence-electron chi connectivity index (χ0n) is 9.05. The first kappa shape index (κ1) is 9.30. The highest BCUT2D eigenvalue weighted by molar-refractivity contribution is 4.97. The Hall–Kier alpha value is -0.260. The van der Waals surface area contributed by atoms with Crippen LogP contribution < -0.4 is 0 Å². The van der Waals surface area contributed by atoms with E-state index < -0.39 is 0 Å². The Morgan fingerprint density at radius 3 is 2.15 bits per heavy atom. The normalized spacial score (nSPS) is 43.5. The average molecular weight is 178 g/mol. The highest BCUT2D eigenvalue weighted by atomic mass is 14.4. The number of rotatable bonds is 2. The van der Waals surface area contributed by atoms with E-state index in [0.29, 0.717) is 0 Å². The summed E-state index contributed by atoms with van der Waals surface area (Å²) in [5.74, 6) is 4.17. The predicted molar refractivity (Wildman–Crippen MR) is 57.5 cm³/mol. The number of hydrogen-bond acceptors (Lipinski definition) is 0. The van der Waals surface area contributed by atoms with Crippen LogP contribution in [-0.4, -0.2) is 0 Å². The van der Waals surface area contributed by atoms with Crippen molar-refractivity contribution in [1.29, 1.82) is 0 Å². The van der Waals surface area contributed by atoms with Crippen LogP contribution in [0.3, 0.4) is 0 Å². The van der Waals surface area contributed by atoms with E-state index in [0.717, 1.165) is 23.7 Å². The quantitative estimate of drug-likeness (QED) is 0.560. The van der Waals surface area contributed by atoms with E-state index in [1.807, 2.05) is 0 Å². The Balaban J connectivity index is 1.86. The molecule has 2 fully saturated rings. The molecule has 0 aliphatic heterocycles. The lowest BCUT2D eigenvalue weighted by molar-refractivity contribution is 0.444. The first-order valence-electron chi connectivity index (χ1n) is 5.79. The molecule has 4 atom stereocenters. The van der Waals surface area contributed by atoms with Crippen molar-refractivity contribution in [3.05, 3.63) is 12.2 Å². The molecule has 0 nitrogen and oxygen atoms in total. The second kappa shape index (κ2) is 3.48. The third-order valence-electron chi connectivity index (χ3n) is 3.99. The molecule has 2 saturated carbocycles. The molecule has 13 heavy (non-hydrogen) atoms. The molecular weight excluding hydrogens is 156 g/mol. The van der Waals surface area contributed by atoms with Gasteiger partial charge in [-0.2, -0.15) is 0 Å². The van der Waals surface area contributed by atoms with E-state index >= 15 is 0 Å². The monoisotopic (exact) mass is 178 g/mol. The molecule has 0 aromatic heterocycles. The lowest BCUT2D eigenvalue weighted by Gasteiger charge is -2.11. The van der Waals surface area contributed by atoms with Gasteiger partial charge >= 0.3 is 0 Å². The minimum atomic E-state index is 0.986. The molecular formula is C13H22. The van der Waals surface area contributed by atoms with Gasteiger partial charge in [0, 0.05) is 0 Å². The Labute approximate surface area is 82.4 Å². The SMILES string of the molecule is C=C(C)C[C@H]1C[C@H]2C[C@@H](C)C[C@H]2C1. The number of hydrogen-bond donors (Lipinski definition) is 0. The fourth-order valence-corrected chi connectivity index (χ4v) is 3.70. The fourth-order valence-electron chi connectivity index (χ4n) is 3.70. The lowest BCUT2D eigenvalue weighted by atomic mass is 9.94. The van der Waals surface area contributed by atoms with Gasteiger partial charge in [-0.25, -0.2) is 0 Å². The summed E-state index contributed by atoms with van der Waals surface area (Å²) in [5.41, 5.74) is 1.39. The summed E-state index contributed by atoms with van der Waals surface area (Å²) in [6, 6.07) is 0. The molecule has 0 N–H and O–H groups in total. The van der Waals surface area contributed by atoms with Gasteiger partial charge in [0.05, 0.1) is 0 Å². The summed E-state index contributed by atoms with van der Waals surface area (Å²) in [6.07, 6.45) is 7.32. The van der Waals surface area contributed by atoms with Gasteiger partial charge in [-0.1, -0.05) is 12.5 Å². The maximum absolute atomic E-state index is 4.03. The summed E-state index contributed by atoms with van der Waals surface area (Å²) in [7, 11) is 0. The molecule has 0 aromatic rings. The van der Waals surface area contributed by atoms with Gasteiger partial charge < -0.3 is 0 Å². The zero-order chi connectivity index (χ0) is 9.42. The van der Waals surface area contributed by atoms with E-state index in [4.69, 9.17) is 0 Å². The molecule has 0 saturated heterocycles. The second-order valence-corrected chi connectivity index (χ2v) is 5.60. The summed E-state index contributed by atoms with van der Waals surface area (Å²) >= 11 is 0. The summed E-state index contributed by atoms with van der Waals surface area (Å²) in [5, 5.41) is 0.